The number of anilines is 2. The Bertz CT molecular complexity index is 873. The van der Waals surface area contributed by atoms with E-state index in [1.807, 2.05) is 13.8 Å². The second-order valence-corrected chi connectivity index (χ2v) is 6.06. The third-order valence-electron chi connectivity index (χ3n) is 4.32. The average Bonchev–Trinajstić information content (AvgIpc) is 2.69. The van der Waals surface area contributed by atoms with E-state index in [2.05, 4.69) is 10.6 Å². The van der Waals surface area contributed by atoms with E-state index in [1.54, 1.807) is 47.4 Å². The third-order valence-corrected chi connectivity index (χ3v) is 4.32. The number of hydrogen-bond donors (Lipinski definition) is 2. The molecule has 0 fully saturated rings. The molecule has 0 radical (unpaired) electrons. The summed E-state index contributed by atoms with van der Waals surface area (Å²) in [6.07, 6.45) is 0. The number of ether oxygens (including phenoxy) is 1. The maximum Gasteiger partial charge on any atom is 0.262 e. The van der Waals surface area contributed by atoms with Crippen LogP contribution in [0.5, 0.6) is 5.75 Å². The van der Waals surface area contributed by atoms with Gasteiger partial charge >= 0.3 is 0 Å². The lowest BCUT2D eigenvalue weighted by Gasteiger charge is -2.19. The number of nitrogens with zero attached hydrogens (tertiary/aromatic N) is 1. The van der Waals surface area contributed by atoms with Crippen LogP contribution in [-0.2, 0) is 4.79 Å². The van der Waals surface area contributed by atoms with E-state index < -0.39 is 0 Å². The Morgan fingerprint density at radius 3 is 2.41 bits per heavy atom. The Morgan fingerprint density at radius 1 is 1.07 bits per heavy atom. The zero-order valence-corrected chi connectivity index (χ0v) is 15.2. The molecule has 1 aliphatic heterocycles. The maximum absolute atomic E-state index is 12.5. The van der Waals surface area contributed by atoms with E-state index in [1.165, 1.54) is 0 Å². The van der Waals surface area contributed by atoms with Crippen LogP contribution in [0.1, 0.15) is 34.6 Å². The summed E-state index contributed by atoms with van der Waals surface area (Å²) in [5.74, 6) is -0.102. The molecule has 0 aliphatic carbocycles. The van der Waals surface area contributed by atoms with Crippen molar-refractivity contribution in [3.8, 4) is 5.75 Å². The minimum atomic E-state index is -0.305. The summed E-state index contributed by atoms with van der Waals surface area (Å²) in [5, 5.41) is 5.47. The van der Waals surface area contributed by atoms with E-state index in [4.69, 9.17) is 4.74 Å². The first-order valence-electron chi connectivity index (χ1n) is 8.79. The van der Waals surface area contributed by atoms with Gasteiger partial charge in [-0.25, -0.2) is 0 Å². The van der Waals surface area contributed by atoms with E-state index >= 15 is 0 Å². The summed E-state index contributed by atoms with van der Waals surface area (Å²) in [6.45, 7) is 5.09. The van der Waals surface area contributed by atoms with E-state index in [0.717, 1.165) is 0 Å². The van der Waals surface area contributed by atoms with Crippen molar-refractivity contribution in [1.82, 2.24) is 4.90 Å². The van der Waals surface area contributed by atoms with Gasteiger partial charge < -0.3 is 20.3 Å². The minimum Gasteiger partial charge on any atom is -0.482 e. The Morgan fingerprint density at radius 2 is 1.74 bits per heavy atom. The topological polar surface area (TPSA) is 87.7 Å². The molecule has 2 aromatic rings. The Balaban J connectivity index is 1.69. The second-order valence-electron chi connectivity index (χ2n) is 6.06. The first-order chi connectivity index (χ1) is 13.0. The van der Waals surface area contributed by atoms with Gasteiger partial charge in [-0.15, -0.1) is 0 Å². The highest BCUT2D eigenvalue weighted by atomic mass is 16.5. The SMILES string of the molecule is CCN(CC)C(=O)c1ccc(NC(=O)c2ccc3c(c2)OCC(=O)N3)cc1. The molecule has 1 aliphatic rings. The summed E-state index contributed by atoms with van der Waals surface area (Å²) >= 11 is 0. The lowest BCUT2D eigenvalue weighted by Crippen LogP contribution is -2.30. The van der Waals surface area contributed by atoms with E-state index in [9.17, 15) is 14.4 Å². The molecule has 2 aromatic carbocycles. The molecule has 0 aromatic heterocycles. The molecule has 2 N–H and O–H groups in total. The van der Waals surface area contributed by atoms with Crippen LogP contribution in [0.25, 0.3) is 0 Å². The number of carbonyl (C=O) groups excluding carboxylic acids is 3. The first kappa shape index (κ1) is 18.4. The van der Waals surface area contributed by atoms with Crippen LogP contribution < -0.4 is 15.4 Å². The molecule has 0 saturated heterocycles. The van der Waals surface area contributed by atoms with E-state index in [-0.39, 0.29) is 24.3 Å². The summed E-state index contributed by atoms with van der Waals surface area (Å²) in [7, 11) is 0. The maximum atomic E-state index is 12.5. The molecular formula is C20H21N3O4. The summed E-state index contributed by atoms with van der Waals surface area (Å²) in [6, 6.07) is 11.6. The van der Waals surface area contributed by atoms with Crippen LogP contribution in [0, 0.1) is 0 Å². The van der Waals surface area contributed by atoms with Crippen molar-refractivity contribution in [2.24, 2.45) is 0 Å². The van der Waals surface area contributed by atoms with E-state index in [0.29, 0.717) is 41.3 Å². The van der Waals surface area contributed by atoms with Gasteiger partial charge in [-0.3, -0.25) is 14.4 Å². The van der Waals surface area contributed by atoms with Crippen LogP contribution in [0.15, 0.2) is 42.5 Å². The minimum absolute atomic E-state index is 0.0354. The van der Waals surface area contributed by atoms with Crippen LogP contribution in [0.3, 0.4) is 0 Å². The molecule has 27 heavy (non-hydrogen) atoms. The molecule has 3 rings (SSSR count). The van der Waals surface area contributed by atoms with Gasteiger partial charge in [0.15, 0.2) is 6.61 Å². The van der Waals surface area contributed by atoms with Crippen molar-refractivity contribution in [3.05, 3.63) is 53.6 Å². The fraction of sp³-hybridized carbons (Fsp3) is 0.250. The van der Waals surface area contributed by atoms with Crippen LogP contribution in [0.2, 0.25) is 0 Å². The Kier molecular flexibility index (Phi) is 5.40. The standard InChI is InChI=1S/C20H21N3O4/c1-3-23(4-2)20(26)13-5-8-15(9-6-13)21-19(25)14-7-10-16-17(11-14)27-12-18(24)22-16/h5-11H,3-4,12H2,1-2H3,(H,21,25)(H,22,24). The summed E-state index contributed by atoms with van der Waals surface area (Å²) in [5.41, 5.74) is 2.12. The number of carbonyl (C=O) groups is 3. The van der Waals surface area contributed by atoms with Crippen molar-refractivity contribution in [3.63, 3.8) is 0 Å². The number of fused-ring (bicyclic) bond motifs is 1. The quantitative estimate of drug-likeness (QED) is 0.851. The van der Waals surface area contributed by atoms with Gasteiger partial charge in [0, 0.05) is 29.9 Å². The van der Waals surface area contributed by atoms with Gasteiger partial charge in [0.1, 0.15) is 5.75 Å². The summed E-state index contributed by atoms with van der Waals surface area (Å²) < 4.78 is 5.33. The van der Waals surface area contributed by atoms with Gasteiger partial charge in [0.25, 0.3) is 17.7 Å². The molecule has 3 amide bonds. The molecule has 7 nitrogen and oxygen atoms in total. The highest BCUT2D eigenvalue weighted by molar-refractivity contribution is 6.06. The Labute approximate surface area is 157 Å². The second kappa shape index (κ2) is 7.90. The van der Waals surface area contributed by atoms with Crippen LogP contribution in [-0.4, -0.2) is 42.3 Å². The molecule has 1 heterocycles. The monoisotopic (exact) mass is 367 g/mol. The average molecular weight is 367 g/mol. The van der Waals surface area contributed by atoms with Gasteiger partial charge in [0.05, 0.1) is 5.69 Å². The van der Waals surface area contributed by atoms with Crippen LogP contribution in [0.4, 0.5) is 11.4 Å². The highest BCUT2D eigenvalue weighted by Gasteiger charge is 2.18. The van der Waals surface area contributed by atoms with Crippen LogP contribution >= 0.6 is 0 Å². The van der Waals surface area contributed by atoms with Crippen molar-refractivity contribution in [2.75, 3.05) is 30.3 Å². The number of amides is 3. The molecule has 0 unspecified atom stereocenters. The lowest BCUT2D eigenvalue weighted by molar-refractivity contribution is -0.118. The smallest absolute Gasteiger partial charge is 0.262 e. The fourth-order valence-corrected chi connectivity index (χ4v) is 2.81. The Hall–Kier alpha value is -3.35. The summed E-state index contributed by atoms with van der Waals surface area (Å²) in [4.78, 5) is 37.8. The normalized spacial score (nSPS) is 12.4. The van der Waals surface area contributed by atoms with Crippen molar-refractivity contribution in [2.45, 2.75) is 13.8 Å². The molecule has 140 valence electrons. The molecule has 0 spiro atoms. The molecule has 7 heteroatoms. The zero-order chi connectivity index (χ0) is 19.4. The predicted octanol–water partition coefficient (Wildman–Crippen LogP) is 2.75. The fourth-order valence-electron chi connectivity index (χ4n) is 2.81. The van der Waals surface area contributed by atoms with Gasteiger partial charge in [0.2, 0.25) is 0 Å². The van der Waals surface area contributed by atoms with Gasteiger partial charge in [-0.1, -0.05) is 0 Å². The van der Waals surface area contributed by atoms with Crippen molar-refractivity contribution >= 4 is 29.1 Å². The largest absolute Gasteiger partial charge is 0.482 e. The number of hydrogen-bond acceptors (Lipinski definition) is 4. The van der Waals surface area contributed by atoms with Gasteiger partial charge in [-0.2, -0.15) is 0 Å². The number of nitrogens with one attached hydrogen (secondary N) is 2. The predicted molar refractivity (Wildman–Crippen MR) is 102 cm³/mol. The first-order valence-corrected chi connectivity index (χ1v) is 8.79. The number of rotatable bonds is 5. The molecule has 0 atom stereocenters. The zero-order valence-electron chi connectivity index (χ0n) is 15.2. The third kappa shape index (κ3) is 4.08. The molecular weight excluding hydrogens is 346 g/mol. The van der Waals surface area contributed by atoms with Gasteiger partial charge in [-0.05, 0) is 56.3 Å². The van der Waals surface area contributed by atoms with Crippen molar-refractivity contribution in [1.29, 1.82) is 0 Å². The number of benzene rings is 2. The van der Waals surface area contributed by atoms with Crippen molar-refractivity contribution < 1.29 is 19.1 Å². The highest BCUT2D eigenvalue weighted by Crippen LogP contribution is 2.28. The molecule has 0 saturated carbocycles. The molecule has 0 bridgehead atoms. The lowest BCUT2D eigenvalue weighted by atomic mass is 10.1.